The van der Waals surface area contributed by atoms with Crippen LogP contribution < -0.4 is 25.1 Å². The minimum absolute atomic E-state index is 0.0342. The van der Waals surface area contributed by atoms with Gasteiger partial charge in [0.15, 0.2) is 22.4 Å². The summed E-state index contributed by atoms with van der Waals surface area (Å²) < 4.78 is 16.5. The molecule has 9 heteroatoms. The lowest BCUT2D eigenvalue weighted by Crippen LogP contribution is -2.32. The number of aromatic amines is 1. The topological polar surface area (TPSA) is 103 Å². The van der Waals surface area contributed by atoms with Crippen molar-refractivity contribution in [2.24, 2.45) is 0 Å². The third kappa shape index (κ3) is 3.85. The van der Waals surface area contributed by atoms with Crippen LogP contribution in [-0.4, -0.2) is 42.8 Å². The largest absolute Gasteiger partial charge is 0.493 e. The summed E-state index contributed by atoms with van der Waals surface area (Å²) in [6.45, 7) is 2.08. The van der Waals surface area contributed by atoms with E-state index in [4.69, 9.17) is 14.2 Å². The van der Waals surface area contributed by atoms with Crippen LogP contribution in [0.3, 0.4) is 0 Å². The molecule has 4 rings (SSSR count). The highest BCUT2D eigenvalue weighted by molar-refractivity contribution is 7.99. The maximum Gasteiger partial charge on any atom is 0.257 e. The molecule has 2 aromatic rings. The number of fused-ring (bicyclic) bond motifs is 1. The number of methoxy groups -OCH3 is 3. The molecule has 0 bridgehead atoms. The monoisotopic (exact) mass is 457 g/mol. The highest BCUT2D eigenvalue weighted by atomic mass is 32.2. The number of aromatic nitrogens is 2. The number of hydrogen-bond acceptors (Lipinski definition) is 8. The average molecular weight is 458 g/mol. The van der Waals surface area contributed by atoms with E-state index < -0.39 is 5.92 Å². The van der Waals surface area contributed by atoms with E-state index >= 15 is 0 Å². The number of nitrogens with one attached hydrogen (secondary N) is 2. The molecule has 1 aliphatic heterocycles. The summed E-state index contributed by atoms with van der Waals surface area (Å²) in [6, 6.07) is 3.60. The number of anilines is 1. The first-order chi connectivity index (χ1) is 15.5. The molecule has 170 valence electrons. The first-order valence-corrected chi connectivity index (χ1v) is 11.6. The molecule has 0 fully saturated rings. The lowest BCUT2D eigenvalue weighted by molar-refractivity contribution is -0.116. The zero-order chi connectivity index (χ0) is 22.8. The van der Waals surface area contributed by atoms with E-state index in [0.717, 1.165) is 30.7 Å². The summed E-state index contributed by atoms with van der Waals surface area (Å²) in [6.07, 6.45) is 2.92. The Hall–Kier alpha value is -2.94. The summed E-state index contributed by atoms with van der Waals surface area (Å²) in [4.78, 5) is 33.9. The average Bonchev–Trinajstić information content (AvgIpc) is 2.80. The van der Waals surface area contributed by atoms with Gasteiger partial charge in [0.2, 0.25) is 5.75 Å². The SMILES string of the molecule is CCCSc1nc2c(c(=O)[nH]1)C(c1cc(OC)c(OC)c(OC)c1)C1=C(CCCC1=O)N2. The second-order valence-electron chi connectivity index (χ2n) is 7.67. The number of ether oxygens (including phenoxy) is 3. The van der Waals surface area contributed by atoms with Gasteiger partial charge >= 0.3 is 0 Å². The van der Waals surface area contributed by atoms with Crippen LogP contribution in [0.1, 0.15) is 49.7 Å². The quantitative estimate of drug-likeness (QED) is 0.477. The van der Waals surface area contributed by atoms with Crippen molar-refractivity contribution in [3.63, 3.8) is 0 Å². The smallest absolute Gasteiger partial charge is 0.257 e. The number of benzene rings is 1. The van der Waals surface area contributed by atoms with E-state index in [0.29, 0.717) is 51.3 Å². The van der Waals surface area contributed by atoms with E-state index in [9.17, 15) is 9.59 Å². The van der Waals surface area contributed by atoms with Crippen molar-refractivity contribution in [3.8, 4) is 17.2 Å². The fraction of sp³-hybridized carbons (Fsp3) is 0.435. The summed E-state index contributed by atoms with van der Waals surface area (Å²) in [7, 11) is 4.62. The Bertz CT molecular complexity index is 1120. The van der Waals surface area contributed by atoms with Gasteiger partial charge in [-0.3, -0.25) is 9.59 Å². The first-order valence-electron chi connectivity index (χ1n) is 10.6. The third-order valence-corrected chi connectivity index (χ3v) is 6.78. The van der Waals surface area contributed by atoms with Crippen molar-refractivity contribution < 1.29 is 19.0 Å². The number of H-pyrrole nitrogens is 1. The van der Waals surface area contributed by atoms with Crippen LogP contribution in [0, 0.1) is 0 Å². The molecule has 0 spiro atoms. The number of Topliss-reactive ketones (excluding diaryl/α,β-unsaturated/α-hetero) is 1. The van der Waals surface area contributed by atoms with Crippen molar-refractivity contribution in [1.29, 1.82) is 0 Å². The van der Waals surface area contributed by atoms with Gasteiger partial charge in [0.1, 0.15) is 5.82 Å². The summed E-state index contributed by atoms with van der Waals surface area (Å²) in [5.74, 6) is 2.19. The number of rotatable bonds is 7. The maximum absolute atomic E-state index is 13.3. The maximum atomic E-state index is 13.3. The van der Waals surface area contributed by atoms with Crippen molar-refractivity contribution in [2.75, 3.05) is 32.4 Å². The van der Waals surface area contributed by atoms with Gasteiger partial charge in [0.25, 0.3) is 5.56 Å². The van der Waals surface area contributed by atoms with Gasteiger partial charge in [-0.1, -0.05) is 18.7 Å². The Balaban J connectivity index is 1.95. The zero-order valence-electron chi connectivity index (χ0n) is 18.7. The van der Waals surface area contributed by atoms with Crippen molar-refractivity contribution in [3.05, 3.63) is 44.9 Å². The number of carbonyl (C=O) groups is 1. The van der Waals surface area contributed by atoms with Gasteiger partial charge in [-0.15, -0.1) is 0 Å². The highest BCUT2D eigenvalue weighted by Gasteiger charge is 2.38. The molecule has 1 aliphatic carbocycles. The normalized spacial score (nSPS) is 17.4. The van der Waals surface area contributed by atoms with E-state index in [2.05, 4.69) is 22.2 Å². The summed E-state index contributed by atoms with van der Waals surface area (Å²) in [5.41, 5.74) is 2.32. The highest BCUT2D eigenvalue weighted by Crippen LogP contribution is 2.47. The van der Waals surface area contributed by atoms with Crippen LogP contribution in [0.25, 0.3) is 0 Å². The Morgan fingerprint density at radius 1 is 1.09 bits per heavy atom. The van der Waals surface area contributed by atoms with Gasteiger partial charge in [-0.05, 0) is 37.0 Å². The minimum Gasteiger partial charge on any atom is -0.493 e. The molecule has 2 N–H and O–H groups in total. The number of carbonyl (C=O) groups excluding carboxylic acids is 1. The molecule has 1 atom stereocenters. The van der Waals surface area contributed by atoms with Crippen LogP contribution in [0.5, 0.6) is 17.2 Å². The van der Waals surface area contributed by atoms with Gasteiger partial charge in [-0.25, -0.2) is 4.98 Å². The predicted molar refractivity (Wildman–Crippen MR) is 123 cm³/mol. The predicted octanol–water partition coefficient (Wildman–Crippen LogP) is 3.86. The van der Waals surface area contributed by atoms with Gasteiger partial charge in [0.05, 0.1) is 26.9 Å². The molecule has 2 heterocycles. The summed E-state index contributed by atoms with van der Waals surface area (Å²) >= 11 is 1.51. The number of ketones is 1. The van der Waals surface area contributed by atoms with E-state index in [1.54, 1.807) is 26.4 Å². The second-order valence-corrected chi connectivity index (χ2v) is 8.75. The second kappa shape index (κ2) is 9.28. The number of allylic oxidation sites excluding steroid dienone is 2. The fourth-order valence-corrected chi connectivity index (χ4v) is 5.03. The molecule has 2 aliphatic rings. The standard InChI is InChI=1S/C23H27N3O5S/c1-5-9-32-23-25-21-19(22(28)26-23)17(18-13(24-21)7-6-8-14(18)27)12-10-15(29-2)20(31-4)16(11-12)30-3/h10-11,17H,5-9H2,1-4H3,(H2,24,25,26,28). The van der Waals surface area contributed by atoms with Gasteiger partial charge < -0.3 is 24.5 Å². The molecule has 1 aromatic heterocycles. The molecule has 32 heavy (non-hydrogen) atoms. The summed E-state index contributed by atoms with van der Waals surface area (Å²) in [5, 5.41) is 3.86. The van der Waals surface area contributed by atoms with E-state index in [1.807, 2.05) is 0 Å². The van der Waals surface area contributed by atoms with Gasteiger partial charge in [0, 0.05) is 29.4 Å². The Labute approximate surface area is 190 Å². The van der Waals surface area contributed by atoms with Crippen molar-refractivity contribution in [1.82, 2.24) is 9.97 Å². The van der Waals surface area contributed by atoms with Crippen LogP contribution in [0.4, 0.5) is 5.82 Å². The van der Waals surface area contributed by atoms with Crippen LogP contribution in [-0.2, 0) is 4.79 Å². The number of thioether (sulfide) groups is 1. The third-order valence-electron chi connectivity index (χ3n) is 5.70. The molecule has 8 nitrogen and oxygen atoms in total. The van der Waals surface area contributed by atoms with Crippen LogP contribution >= 0.6 is 11.8 Å². The molecular formula is C23H27N3O5S. The first kappa shape index (κ1) is 22.3. The fourth-order valence-electron chi connectivity index (χ4n) is 4.31. The number of hydrogen-bond donors (Lipinski definition) is 2. The molecule has 0 saturated heterocycles. The molecule has 0 radical (unpaired) electrons. The molecular weight excluding hydrogens is 430 g/mol. The molecule has 0 amide bonds. The van der Waals surface area contributed by atoms with Gasteiger partial charge in [-0.2, -0.15) is 0 Å². The molecule has 1 aromatic carbocycles. The number of nitrogens with zero attached hydrogens (tertiary/aromatic N) is 1. The van der Waals surface area contributed by atoms with Crippen LogP contribution in [0.2, 0.25) is 0 Å². The van der Waals surface area contributed by atoms with Crippen LogP contribution in [0.15, 0.2) is 33.4 Å². The van der Waals surface area contributed by atoms with Crippen molar-refractivity contribution >= 4 is 23.4 Å². The zero-order valence-corrected chi connectivity index (χ0v) is 19.5. The molecule has 1 unspecified atom stereocenters. The van der Waals surface area contributed by atoms with E-state index in [1.165, 1.54) is 18.9 Å². The Morgan fingerprint density at radius 3 is 2.44 bits per heavy atom. The van der Waals surface area contributed by atoms with E-state index in [-0.39, 0.29) is 11.3 Å². The Morgan fingerprint density at radius 2 is 1.81 bits per heavy atom. The van der Waals surface area contributed by atoms with Crippen molar-refractivity contribution in [2.45, 2.75) is 43.7 Å². The minimum atomic E-state index is -0.579. The lowest BCUT2D eigenvalue weighted by Gasteiger charge is -2.33. The molecule has 0 saturated carbocycles. The lowest BCUT2D eigenvalue weighted by atomic mass is 9.76. The Kier molecular flexibility index (Phi) is 6.45.